The van der Waals surface area contributed by atoms with Gasteiger partial charge in [0.05, 0.1) is 11.6 Å². The summed E-state index contributed by atoms with van der Waals surface area (Å²) in [5.74, 6) is 8.17. The highest BCUT2D eigenvalue weighted by molar-refractivity contribution is 5.91. The monoisotopic (exact) mass is 387 g/mol. The van der Waals surface area contributed by atoms with Crippen molar-refractivity contribution >= 4 is 5.91 Å². The van der Waals surface area contributed by atoms with Gasteiger partial charge in [-0.1, -0.05) is 23.1 Å². The van der Waals surface area contributed by atoms with Crippen molar-refractivity contribution < 1.29 is 9.32 Å². The maximum atomic E-state index is 11.8. The molecule has 146 valence electrons. The first-order valence-electron chi connectivity index (χ1n) is 9.75. The number of imidazole rings is 1. The van der Waals surface area contributed by atoms with E-state index in [9.17, 15) is 4.79 Å². The van der Waals surface area contributed by atoms with Crippen LogP contribution < -0.4 is 5.73 Å². The largest absolute Gasteiger partial charge is 0.363 e. The van der Waals surface area contributed by atoms with E-state index >= 15 is 0 Å². The van der Waals surface area contributed by atoms with Crippen LogP contribution in [0.2, 0.25) is 0 Å². The number of nitrogens with zero attached hydrogens (tertiary/aromatic N) is 4. The van der Waals surface area contributed by atoms with Crippen molar-refractivity contribution in [3.63, 3.8) is 0 Å². The summed E-state index contributed by atoms with van der Waals surface area (Å²) in [6, 6.07) is 6.28. The van der Waals surface area contributed by atoms with Crippen LogP contribution in [0.1, 0.15) is 76.7 Å². The Morgan fingerprint density at radius 1 is 1.31 bits per heavy atom. The molecule has 1 amide bonds. The average molecular weight is 387 g/mol. The summed E-state index contributed by atoms with van der Waals surface area (Å²) in [7, 11) is 1.88. The van der Waals surface area contributed by atoms with Crippen LogP contribution in [0.25, 0.3) is 11.3 Å². The van der Waals surface area contributed by atoms with Crippen molar-refractivity contribution in [2.75, 3.05) is 0 Å². The molecule has 7 nitrogen and oxygen atoms in total. The number of hydrogen-bond donors (Lipinski definition) is 1. The maximum absolute atomic E-state index is 11.8. The molecule has 3 aromatic rings. The van der Waals surface area contributed by atoms with Gasteiger partial charge >= 0.3 is 0 Å². The molecule has 2 heterocycles. The predicted octanol–water partition coefficient (Wildman–Crippen LogP) is 3.01. The van der Waals surface area contributed by atoms with Crippen molar-refractivity contribution in [2.45, 2.75) is 44.4 Å². The fourth-order valence-corrected chi connectivity index (χ4v) is 4.43. The number of rotatable bonds is 2. The number of carbonyl (C=O) groups is 1. The zero-order valence-corrected chi connectivity index (χ0v) is 16.6. The van der Waals surface area contributed by atoms with E-state index in [1.54, 1.807) is 6.92 Å². The first-order chi connectivity index (χ1) is 13.9. The molecule has 0 aliphatic heterocycles. The number of amides is 1. The van der Waals surface area contributed by atoms with Crippen molar-refractivity contribution in [1.29, 1.82) is 0 Å². The summed E-state index contributed by atoms with van der Waals surface area (Å²) < 4.78 is 6.90. The molecule has 1 atom stereocenters. The minimum Gasteiger partial charge on any atom is -0.363 e. The lowest BCUT2D eigenvalue weighted by atomic mass is 9.71. The zero-order chi connectivity index (χ0) is 20.3. The lowest BCUT2D eigenvalue weighted by Gasteiger charge is -2.34. The molecular formula is C22H21N5O2. The minimum atomic E-state index is -0.502. The second-order valence-electron chi connectivity index (χ2n) is 7.92. The van der Waals surface area contributed by atoms with Crippen molar-refractivity contribution in [2.24, 2.45) is 12.8 Å². The molecule has 1 fully saturated rings. The third-order valence-corrected chi connectivity index (χ3v) is 6.00. The van der Waals surface area contributed by atoms with Gasteiger partial charge in [0.15, 0.2) is 11.6 Å². The van der Waals surface area contributed by atoms with Crippen molar-refractivity contribution in [1.82, 2.24) is 19.7 Å². The van der Waals surface area contributed by atoms with Crippen LogP contribution in [0.4, 0.5) is 0 Å². The van der Waals surface area contributed by atoms with E-state index in [4.69, 9.17) is 10.3 Å². The third-order valence-electron chi connectivity index (χ3n) is 6.00. The quantitative estimate of drug-likeness (QED) is 0.682. The molecule has 1 unspecified atom stereocenters. The number of aryl methyl sites for hydroxylation is 1. The second kappa shape index (κ2) is 6.31. The highest BCUT2D eigenvalue weighted by Gasteiger charge is 2.41. The summed E-state index contributed by atoms with van der Waals surface area (Å²) >= 11 is 0. The minimum absolute atomic E-state index is 0.133. The number of aromatic nitrogens is 4. The Balaban J connectivity index is 1.57. The Morgan fingerprint density at radius 2 is 2.10 bits per heavy atom. The molecule has 0 saturated heterocycles. The standard InChI is InChI=1S/C22H21N5O2/c1-11(21-24-12(2)29-26-21)4-5-13-6-7-16-14-9-15(10-14)19-18(17(16)8-13)25-22(20(23)28)27(19)3/h6-8,11,14-15H,9-10H2,1-3H3,(H2,23,28). The fourth-order valence-electron chi connectivity index (χ4n) is 4.43. The van der Waals surface area contributed by atoms with Crippen LogP contribution >= 0.6 is 0 Å². The van der Waals surface area contributed by atoms with Crippen LogP contribution in [0.5, 0.6) is 0 Å². The van der Waals surface area contributed by atoms with E-state index in [1.165, 1.54) is 5.56 Å². The first-order valence-corrected chi connectivity index (χ1v) is 9.75. The highest BCUT2D eigenvalue weighted by Crippen LogP contribution is 2.55. The molecule has 0 spiro atoms. The van der Waals surface area contributed by atoms with Gasteiger partial charge in [0.1, 0.15) is 0 Å². The average Bonchev–Trinajstić information content (AvgIpc) is 3.16. The van der Waals surface area contributed by atoms with Gasteiger partial charge in [-0.25, -0.2) is 4.98 Å². The lowest BCUT2D eigenvalue weighted by molar-refractivity contribution is 0.0987. The van der Waals surface area contributed by atoms with Gasteiger partial charge in [-0.2, -0.15) is 4.98 Å². The smallest absolute Gasteiger partial charge is 0.284 e. The molecule has 1 saturated carbocycles. The molecule has 29 heavy (non-hydrogen) atoms. The molecule has 6 rings (SSSR count). The van der Waals surface area contributed by atoms with Gasteiger partial charge in [0.25, 0.3) is 5.91 Å². The molecule has 2 N–H and O–H groups in total. The molecule has 0 radical (unpaired) electrons. The normalized spacial score (nSPS) is 19.8. The van der Waals surface area contributed by atoms with E-state index in [-0.39, 0.29) is 5.92 Å². The van der Waals surface area contributed by atoms with Crippen LogP contribution in [0.3, 0.4) is 0 Å². The number of nitrogens with two attached hydrogens (primary N) is 1. The molecule has 1 aromatic carbocycles. The van der Waals surface area contributed by atoms with Gasteiger partial charge < -0.3 is 14.8 Å². The first kappa shape index (κ1) is 17.7. The molecule has 3 aliphatic rings. The topological polar surface area (TPSA) is 99.8 Å². The molecule has 2 bridgehead atoms. The maximum Gasteiger partial charge on any atom is 0.284 e. The van der Waals surface area contributed by atoms with Gasteiger partial charge in [-0.3, -0.25) is 4.79 Å². The molecule has 3 aliphatic carbocycles. The van der Waals surface area contributed by atoms with Gasteiger partial charge in [0, 0.05) is 36.7 Å². The van der Waals surface area contributed by atoms with E-state index in [0.29, 0.717) is 29.4 Å². The number of primary amides is 1. The van der Waals surface area contributed by atoms with Crippen LogP contribution in [0, 0.1) is 18.8 Å². The van der Waals surface area contributed by atoms with E-state index in [1.807, 2.05) is 18.5 Å². The van der Waals surface area contributed by atoms with E-state index in [0.717, 1.165) is 35.4 Å². The number of hydrogen-bond acceptors (Lipinski definition) is 5. The van der Waals surface area contributed by atoms with Crippen LogP contribution in [0.15, 0.2) is 22.7 Å². The highest BCUT2D eigenvalue weighted by atomic mass is 16.5. The summed E-state index contributed by atoms with van der Waals surface area (Å²) in [6.07, 6.45) is 2.16. The van der Waals surface area contributed by atoms with Crippen molar-refractivity contribution in [3.8, 4) is 23.1 Å². The Kier molecular flexibility index (Phi) is 3.85. The van der Waals surface area contributed by atoms with E-state index < -0.39 is 5.91 Å². The summed E-state index contributed by atoms with van der Waals surface area (Å²) in [6.45, 7) is 3.71. The molecule has 2 aromatic heterocycles. The molecule has 7 heteroatoms. The predicted molar refractivity (Wildman–Crippen MR) is 106 cm³/mol. The van der Waals surface area contributed by atoms with E-state index in [2.05, 4.69) is 45.2 Å². The van der Waals surface area contributed by atoms with Crippen LogP contribution in [-0.2, 0) is 7.05 Å². The Labute approximate surface area is 168 Å². The number of benzene rings is 1. The third kappa shape index (κ3) is 2.75. The van der Waals surface area contributed by atoms with Gasteiger partial charge in [-0.05, 0) is 43.4 Å². The Bertz CT molecular complexity index is 1200. The second-order valence-corrected chi connectivity index (χ2v) is 7.92. The molecular weight excluding hydrogens is 366 g/mol. The van der Waals surface area contributed by atoms with Gasteiger partial charge in [0.2, 0.25) is 5.89 Å². The SMILES string of the molecule is Cc1nc(C(C)C#Cc2ccc3c(c2)-c2nc(C(N)=O)n(C)c2C2CC3C2)no1. The lowest BCUT2D eigenvalue weighted by Crippen LogP contribution is -2.23. The summed E-state index contributed by atoms with van der Waals surface area (Å²) in [4.78, 5) is 20.7. The van der Waals surface area contributed by atoms with Crippen LogP contribution in [-0.4, -0.2) is 25.6 Å². The number of carbonyl (C=O) groups excluding carboxylic acids is 1. The van der Waals surface area contributed by atoms with Crippen molar-refractivity contribution in [3.05, 3.63) is 52.6 Å². The summed E-state index contributed by atoms with van der Waals surface area (Å²) in [5.41, 5.74) is 10.8. The Morgan fingerprint density at radius 3 is 2.79 bits per heavy atom. The summed E-state index contributed by atoms with van der Waals surface area (Å²) in [5, 5.41) is 3.94. The van der Waals surface area contributed by atoms with Gasteiger partial charge in [-0.15, -0.1) is 0 Å². The fraction of sp³-hybridized carbons (Fsp3) is 0.364. The zero-order valence-electron chi connectivity index (χ0n) is 16.6. The Hall–Kier alpha value is -3.40.